The zero-order valence-electron chi connectivity index (χ0n) is 14.9. The van der Waals surface area contributed by atoms with E-state index < -0.39 is 0 Å². The summed E-state index contributed by atoms with van der Waals surface area (Å²) in [5.41, 5.74) is 3.42. The minimum absolute atomic E-state index is 0.143. The second-order valence-electron chi connectivity index (χ2n) is 6.30. The molecule has 0 amide bonds. The van der Waals surface area contributed by atoms with Gasteiger partial charge in [0.15, 0.2) is 11.5 Å². The smallest absolute Gasteiger partial charge is 0.179 e. The molecule has 25 heavy (non-hydrogen) atoms. The first-order chi connectivity index (χ1) is 12.1. The topological polar surface area (TPSA) is 39.7 Å². The predicted octanol–water partition coefficient (Wildman–Crippen LogP) is 4.67. The van der Waals surface area contributed by atoms with Gasteiger partial charge < -0.3 is 19.5 Å². The number of aryl methyl sites for hydroxylation is 1. The molecule has 1 atom stereocenters. The van der Waals surface area contributed by atoms with Crippen LogP contribution in [0.4, 0.5) is 0 Å². The van der Waals surface area contributed by atoms with Crippen molar-refractivity contribution < 1.29 is 14.2 Å². The van der Waals surface area contributed by atoms with Crippen molar-refractivity contribution in [3.8, 4) is 17.2 Å². The molecule has 0 bridgehead atoms. The lowest BCUT2D eigenvalue weighted by Gasteiger charge is -2.19. The van der Waals surface area contributed by atoms with Crippen LogP contribution in [-0.2, 0) is 6.54 Å². The first kappa shape index (κ1) is 17.9. The Morgan fingerprint density at radius 1 is 1.20 bits per heavy atom. The number of halogens is 1. The summed E-state index contributed by atoms with van der Waals surface area (Å²) in [6.45, 7) is 6.17. The zero-order valence-corrected chi connectivity index (χ0v) is 15.7. The third kappa shape index (κ3) is 4.20. The van der Waals surface area contributed by atoms with E-state index in [4.69, 9.17) is 25.8 Å². The maximum absolute atomic E-state index is 6.37. The van der Waals surface area contributed by atoms with Crippen molar-refractivity contribution >= 4 is 11.6 Å². The molecule has 2 aromatic carbocycles. The molecule has 4 nitrogen and oxygen atoms in total. The molecule has 2 aromatic rings. The van der Waals surface area contributed by atoms with E-state index in [1.165, 1.54) is 5.56 Å². The first-order valence-electron chi connectivity index (χ1n) is 8.54. The van der Waals surface area contributed by atoms with E-state index in [-0.39, 0.29) is 6.04 Å². The Hall–Kier alpha value is -1.91. The lowest BCUT2D eigenvalue weighted by atomic mass is 10.0. The van der Waals surface area contributed by atoms with Crippen molar-refractivity contribution in [1.82, 2.24) is 5.32 Å². The normalized spacial score (nSPS) is 14.7. The van der Waals surface area contributed by atoms with Gasteiger partial charge in [0.05, 0.1) is 25.3 Å². The minimum Gasteiger partial charge on any atom is -0.496 e. The molecule has 1 aliphatic rings. The van der Waals surface area contributed by atoms with Gasteiger partial charge in [0, 0.05) is 24.6 Å². The van der Waals surface area contributed by atoms with Crippen LogP contribution in [0.15, 0.2) is 30.3 Å². The van der Waals surface area contributed by atoms with Gasteiger partial charge in [-0.2, -0.15) is 0 Å². The summed E-state index contributed by atoms with van der Waals surface area (Å²) in [6, 6.07) is 10.3. The average molecular weight is 362 g/mol. The standard InChI is InChI=1S/C20H24ClNO3/c1-13-5-6-18(23-3)16(9-13)14(2)22-12-15-10-17(21)20-19(11-15)24-7-4-8-25-20/h5-6,9-11,14,22H,4,7-8,12H2,1-3H3. The molecule has 3 rings (SSSR count). The molecule has 5 heteroatoms. The monoisotopic (exact) mass is 361 g/mol. The maximum atomic E-state index is 6.37. The highest BCUT2D eigenvalue weighted by Crippen LogP contribution is 2.38. The molecule has 0 saturated carbocycles. The number of benzene rings is 2. The van der Waals surface area contributed by atoms with Gasteiger partial charge in [-0.3, -0.25) is 0 Å². The fourth-order valence-corrected chi connectivity index (χ4v) is 3.25. The van der Waals surface area contributed by atoms with E-state index in [0.717, 1.165) is 29.0 Å². The molecule has 0 fully saturated rings. The van der Waals surface area contributed by atoms with Crippen LogP contribution in [0.5, 0.6) is 17.2 Å². The molecule has 1 N–H and O–H groups in total. The Morgan fingerprint density at radius 2 is 2.00 bits per heavy atom. The first-order valence-corrected chi connectivity index (χ1v) is 8.92. The Bertz CT molecular complexity index is 748. The quantitative estimate of drug-likeness (QED) is 0.840. The minimum atomic E-state index is 0.143. The highest BCUT2D eigenvalue weighted by molar-refractivity contribution is 6.32. The lowest BCUT2D eigenvalue weighted by Crippen LogP contribution is -2.19. The van der Waals surface area contributed by atoms with Gasteiger partial charge >= 0.3 is 0 Å². The highest BCUT2D eigenvalue weighted by atomic mass is 35.5. The lowest BCUT2D eigenvalue weighted by molar-refractivity contribution is 0.297. The van der Waals surface area contributed by atoms with Crippen molar-refractivity contribution in [3.63, 3.8) is 0 Å². The molecule has 1 unspecified atom stereocenters. The van der Waals surface area contributed by atoms with Crippen molar-refractivity contribution in [3.05, 3.63) is 52.0 Å². The van der Waals surface area contributed by atoms with Gasteiger partial charge in [0.2, 0.25) is 0 Å². The van der Waals surface area contributed by atoms with E-state index >= 15 is 0 Å². The van der Waals surface area contributed by atoms with Gasteiger partial charge in [-0.1, -0.05) is 29.3 Å². The van der Waals surface area contributed by atoms with Crippen LogP contribution in [0.1, 0.15) is 36.1 Å². The van der Waals surface area contributed by atoms with Crippen LogP contribution in [0, 0.1) is 6.92 Å². The molecular weight excluding hydrogens is 338 g/mol. The summed E-state index contributed by atoms with van der Waals surface area (Å²) in [5, 5.41) is 4.13. The van der Waals surface area contributed by atoms with E-state index in [9.17, 15) is 0 Å². The fraction of sp³-hybridized carbons (Fsp3) is 0.400. The number of nitrogens with one attached hydrogen (secondary N) is 1. The molecular formula is C20H24ClNO3. The summed E-state index contributed by atoms with van der Waals surface area (Å²) in [6.07, 6.45) is 0.864. The summed E-state index contributed by atoms with van der Waals surface area (Å²) in [5.74, 6) is 2.27. The van der Waals surface area contributed by atoms with Gasteiger partial charge in [-0.15, -0.1) is 0 Å². The molecule has 0 aliphatic carbocycles. The number of rotatable bonds is 5. The molecule has 0 spiro atoms. The predicted molar refractivity (Wildman–Crippen MR) is 100 cm³/mol. The van der Waals surface area contributed by atoms with Crippen molar-refractivity contribution in [2.45, 2.75) is 32.9 Å². The fourth-order valence-electron chi connectivity index (χ4n) is 2.96. The molecule has 0 saturated heterocycles. The van der Waals surface area contributed by atoms with E-state index in [0.29, 0.717) is 30.5 Å². The van der Waals surface area contributed by atoms with Crippen molar-refractivity contribution in [2.24, 2.45) is 0 Å². The number of fused-ring (bicyclic) bond motifs is 1. The molecule has 1 heterocycles. The van der Waals surface area contributed by atoms with Crippen molar-refractivity contribution in [2.75, 3.05) is 20.3 Å². The van der Waals surface area contributed by atoms with Gasteiger partial charge in [0.1, 0.15) is 5.75 Å². The van der Waals surface area contributed by atoms with E-state index in [1.807, 2.05) is 18.2 Å². The molecule has 1 aliphatic heterocycles. The number of hydrogen-bond acceptors (Lipinski definition) is 4. The number of hydrogen-bond donors (Lipinski definition) is 1. The molecule has 0 radical (unpaired) electrons. The van der Waals surface area contributed by atoms with Crippen LogP contribution < -0.4 is 19.5 Å². The second kappa shape index (κ2) is 7.98. The highest BCUT2D eigenvalue weighted by Gasteiger charge is 2.17. The van der Waals surface area contributed by atoms with Crippen molar-refractivity contribution in [1.29, 1.82) is 0 Å². The van der Waals surface area contributed by atoms with E-state index in [2.05, 4.69) is 31.3 Å². The second-order valence-corrected chi connectivity index (χ2v) is 6.71. The van der Waals surface area contributed by atoms with Crippen LogP contribution in [0.25, 0.3) is 0 Å². The van der Waals surface area contributed by atoms with Gasteiger partial charge in [-0.25, -0.2) is 0 Å². The van der Waals surface area contributed by atoms with Gasteiger partial charge in [-0.05, 0) is 37.6 Å². The van der Waals surface area contributed by atoms with Crippen LogP contribution in [0.3, 0.4) is 0 Å². The summed E-state index contributed by atoms with van der Waals surface area (Å²) in [4.78, 5) is 0. The van der Waals surface area contributed by atoms with Crippen LogP contribution in [0.2, 0.25) is 5.02 Å². The third-order valence-corrected chi connectivity index (χ3v) is 4.61. The molecule has 134 valence electrons. The van der Waals surface area contributed by atoms with Gasteiger partial charge in [0.25, 0.3) is 0 Å². The van der Waals surface area contributed by atoms with Crippen LogP contribution in [-0.4, -0.2) is 20.3 Å². The zero-order chi connectivity index (χ0) is 17.8. The Labute approximate surface area is 154 Å². The SMILES string of the molecule is COc1ccc(C)cc1C(C)NCc1cc(Cl)c2c(c1)OCCCO2. The Morgan fingerprint density at radius 3 is 2.80 bits per heavy atom. The number of methoxy groups -OCH3 is 1. The Balaban J connectivity index is 1.74. The average Bonchev–Trinajstić information content (AvgIpc) is 2.85. The summed E-state index contributed by atoms with van der Waals surface area (Å²) in [7, 11) is 1.70. The summed E-state index contributed by atoms with van der Waals surface area (Å²) < 4.78 is 16.9. The largest absolute Gasteiger partial charge is 0.496 e. The third-order valence-electron chi connectivity index (χ3n) is 4.33. The van der Waals surface area contributed by atoms with E-state index in [1.54, 1.807) is 7.11 Å². The molecule has 0 aromatic heterocycles. The maximum Gasteiger partial charge on any atom is 0.179 e. The summed E-state index contributed by atoms with van der Waals surface area (Å²) >= 11 is 6.37. The Kier molecular flexibility index (Phi) is 5.71. The van der Waals surface area contributed by atoms with Crippen LogP contribution >= 0.6 is 11.6 Å². The number of ether oxygens (including phenoxy) is 3.